The van der Waals surface area contributed by atoms with Crippen molar-refractivity contribution in [3.8, 4) is 5.75 Å². The van der Waals surface area contributed by atoms with Crippen molar-refractivity contribution in [2.45, 2.75) is 32.4 Å². The van der Waals surface area contributed by atoms with Crippen molar-refractivity contribution < 1.29 is 9.52 Å². The number of nitrogens with two attached hydrogens (primary N) is 1. The van der Waals surface area contributed by atoms with Crippen molar-refractivity contribution in [3.05, 3.63) is 28.3 Å². The standard InChI is InChI=1S/C13H20N2O3/c1-9(14)10-3-2-4-15(6-10)7-11-5-12(16)13(17)8-18-11/h5,8-10,17H,2-4,6-7,14H2,1H3. The molecule has 1 aliphatic rings. The molecule has 2 heterocycles. The molecule has 1 saturated heterocycles. The Bertz CT molecular complexity index is 456. The van der Waals surface area contributed by atoms with E-state index in [2.05, 4.69) is 4.90 Å². The molecule has 2 atom stereocenters. The van der Waals surface area contributed by atoms with Gasteiger partial charge >= 0.3 is 0 Å². The molecule has 1 fully saturated rings. The summed E-state index contributed by atoms with van der Waals surface area (Å²) in [6, 6.07) is 1.55. The molecule has 0 spiro atoms. The first-order chi connectivity index (χ1) is 8.56. The molecule has 0 amide bonds. The summed E-state index contributed by atoms with van der Waals surface area (Å²) in [5.41, 5.74) is 5.54. The van der Waals surface area contributed by atoms with Crippen LogP contribution >= 0.6 is 0 Å². The molecule has 1 aliphatic heterocycles. The van der Waals surface area contributed by atoms with E-state index in [4.69, 9.17) is 15.3 Å². The van der Waals surface area contributed by atoms with Crippen LogP contribution in [0.5, 0.6) is 5.75 Å². The first-order valence-corrected chi connectivity index (χ1v) is 6.35. The van der Waals surface area contributed by atoms with Crippen LogP contribution in [-0.2, 0) is 6.54 Å². The summed E-state index contributed by atoms with van der Waals surface area (Å²) in [5.74, 6) is 0.747. The van der Waals surface area contributed by atoms with Crippen molar-refractivity contribution in [2.24, 2.45) is 11.7 Å². The van der Waals surface area contributed by atoms with E-state index in [-0.39, 0.29) is 11.8 Å². The van der Waals surface area contributed by atoms with Crippen molar-refractivity contribution >= 4 is 0 Å². The van der Waals surface area contributed by atoms with Crippen LogP contribution in [0, 0.1) is 5.92 Å². The number of hydrogen-bond acceptors (Lipinski definition) is 5. The second kappa shape index (κ2) is 5.54. The Balaban J connectivity index is 2.00. The molecule has 0 radical (unpaired) electrons. The smallest absolute Gasteiger partial charge is 0.226 e. The first-order valence-electron chi connectivity index (χ1n) is 6.35. The zero-order valence-electron chi connectivity index (χ0n) is 10.6. The van der Waals surface area contributed by atoms with Gasteiger partial charge in [-0.3, -0.25) is 9.69 Å². The van der Waals surface area contributed by atoms with E-state index in [1.54, 1.807) is 0 Å². The van der Waals surface area contributed by atoms with Gasteiger partial charge in [0.05, 0.1) is 6.54 Å². The third kappa shape index (κ3) is 3.11. The van der Waals surface area contributed by atoms with Crippen LogP contribution in [0.3, 0.4) is 0 Å². The van der Waals surface area contributed by atoms with Crippen molar-refractivity contribution in [1.29, 1.82) is 0 Å². The van der Waals surface area contributed by atoms with Crippen LogP contribution in [0.1, 0.15) is 25.5 Å². The van der Waals surface area contributed by atoms with Gasteiger partial charge in [-0.2, -0.15) is 0 Å². The highest BCUT2D eigenvalue weighted by Gasteiger charge is 2.23. The second-order valence-electron chi connectivity index (χ2n) is 5.09. The summed E-state index contributed by atoms with van der Waals surface area (Å²) in [5, 5.41) is 9.13. The molecule has 2 rings (SSSR count). The molecule has 100 valence electrons. The van der Waals surface area contributed by atoms with Crippen molar-refractivity contribution in [3.63, 3.8) is 0 Å². The number of likely N-dealkylation sites (tertiary alicyclic amines) is 1. The van der Waals surface area contributed by atoms with Crippen LogP contribution in [-0.4, -0.2) is 29.1 Å². The van der Waals surface area contributed by atoms with Gasteiger partial charge in [-0.05, 0) is 32.2 Å². The van der Waals surface area contributed by atoms with Gasteiger partial charge in [0.25, 0.3) is 0 Å². The minimum atomic E-state index is -0.392. The van der Waals surface area contributed by atoms with Crippen molar-refractivity contribution in [1.82, 2.24) is 4.90 Å². The maximum absolute atomic E-state index is 11.3. The largest absolute Gasteiger partial charge is 0.502 e. The van der Waals surface area contributed by atoms with Crippen LogP contribution < -0.4 is 11.2 Å². The predicted molar refractivity (Wildman–Crippen MR) is 68.3 cm³/mol. The summed E-state index contributed by atoms with van der Waals surface area (Å²) < 4.78 is 5.21. The third-order valence-electron chi connectivity index (χ3n) is 3.53. The quantitative estimate of drug-likeness (QED) is 0.835. The molecule has 3 N–H and O–H groups in total. The van der Waals surface area contributed by atoms with Gasteiger partial charge in [0.2, 0.25) is 5.43 Å². The normalized spacial score (nSPS) is 22.9. The number of piperidine rings is 1. The van der Waals surface area contributed by atoms with Gasteiger partial charge in [0.1, 0.15) is 12.0 Å². The van der Waals surface area contributed by atoms with Crippen molar-refractivity contribution in [2.75, 3.05) is 13.1 Å². The molecular formula is C13H20N2O3. The Morgan fingerprint density at radius 3 is 3.11 bits per heavy atom. The van der Waals surface area contributed by atoms with E-state index in [1.165, 1.54) is 6.07 Å². The molecule has 5 nitrogen and oxygen atoms in total. The maximum Gasteiger partial charge on any atom is 0.226 e. The maximum atomic E-state index is 11.3. The van der Waals surface area contributed by atoms with Gasteiger partial charge < -0.3 is 15.3 Å². The Kier molecular flexibility index (Phi) is 4.04. The molecule has 0 aliphatic carbocycles. The van der Waals surface area contributed by atoms with E-state index in [1.807, 2.05) is 6.92 Å². The molecule has 0 aromatic carbocycles. The fourth-order valence-electron chi connectivity index (χ4n) is 2.41. The Labute approximate surface area is 106 Å². The molecule has 2 unspecified atom stereocenters. The molecule has 0 bridgehead atoms. The van der Waals surface area contributed by atoms with E-state index in [0.717, 1.165) is 32.2 Å². The Hall–Kier alpha value is -1.33. The fraction of sp³-hybridized carbons (Fsp3) is 0.615. The minimum Gasteiger partial charge on any atom is -0.502 e. The summed E-state index contributed by atoms with van der Waals surface area (Å²) in [7, 11) is 0. The number of hydrogen-bond donors (Lipinski definition) is 2. The average molecular weight is 252 g/mol. The highest BCUT2D eigenvalue weighted by molar-refractivity contribution is 5.15. The molecular weight excluding hydrogens is 232 g/mol. The summed E-state index contributed by atoms with van der Waals surface area (Å²) in [6.45, 7) is 4.56. The summed E-state index contributed by atoms with van der Waals surface area (Å²) in [4.78, 5) is 13.5. The van der Waals surface area contributed by atoms with Gasteiger partial charge in [-0.15, -0.1) is 0 Å². The molecule has 18 heavy (non-hydrogen) atoms. The van der Waals surface area contributed by atoms with E-state index < -0.39 is 5.43 Å². The molecule has 1 aromatic rings. The lowest BCUT2D eigenvalue weighted by Gasteiger charge is -2.34. The van der Waals surface area contributed by atoms with E-state index >= 15 is 0 Å². The molecule has 1 aromatic heterocycles. The predicted octanol–water partition coefficient (Wildman–Crippen LogP) is 0.905. The lowest BCUT2D eigenvalue weighted by Crippen LogP contribution is -2.41. The topological polar surface area (TPSA) is 79.7 Å². The average Bonchev–Trinajstić information content (AvgIpc) is 2.34. The van der Waals surface area contributed by atoms with Gasteiger partial charge in [0, 0.05) is 18.7 Å². The fourth-order valence-corrected chi connectivity index (χ4v) is 2.41. The van der Waals surface area contributed by atoms with E-state index in [9.17, 15) is 4.79 Å². The van der Waals surface area contributed by atoms with Gasteiger partial charge in [-0.25, -0.2) is 0 Å². The summed E-state index contributed by atoms with van der Waals surface area (Å²) >= 11 is 0. The minimum absolute atomic E-state index is 0.194. The Morgan fingerprint density at radius 2 is 2.44 bits per heavy atom. The molecule has 5 heteroatoms. The number of rotatable bonds is 3. The highest BCUT2D eigenvalue weighted by atomic mass is 16.4. The van der Waals surface area contributed by atoms with Gasteiger partial charge in [-0.1, -0.05) is 0 Å². The lowest BCUT2D eigenvalue weighted by atomic mass is 9.92. The highest BCUT2D eigenvalue weighted by Crippen LogP contribution is 2.20. The van der Waals surface area contributed by atoms with Crippen LogP contribution in [0.15, 0.2) is 21.5 Å². The Morgan fingerprint density at radius 1 is 1.67 bits per heavy atom. The monoisotopic (exact) mass is 252 g/mol. The lowest BCUT2D eigenvalue weighted by molar-refractivity contribution is 0.144. The summed E-state index contributed by atoms with van der Waals surface area (Å²) in [6.07, 6.45) is 3.38. The molecule has 0 saturated carbocycles. The van der Waals surface area contributed by atoms with Crippen LogP contribution in [0.4, 0.5) is 0 Å². The van der Waals surface area contributed by atoms with Crippen LogP contribution in [0.25, 0.3) is 0 Å². The third-order valence-corrected chi connectivity index (χ3v) is 3.53. The second-order valence-corrected chi connectivity index (χ2v) is 5.09. The first kappa shape index (κ1) is 13.1. The number of aromatic hydroxyl groups is 1. The van der Waals surface area contributed by atoms with Gasteiger partial charge in [0.15, 0.2) is 5.75 Å². The number of nitrogens with zero attached hydrogens (tertiary/aromatic N) is 1. The van der Waals surface area contributed by atoms with Crippen LogP contribution in [0.2, 0.25) is 0 Å². The zero-order valence-corrected chi connectivity index (χ0v) is 10.6. The van der Waals surface area contributed by atoms with E-state index in [0.29, 0.717) is 18.2 Å². The zero-order chi connectivity index (χ0) is 13.1. The SMILES string of the molecule is CC(N)C1CCCN(Cc2cc(=O)c(O)co2)C1.